The Hall–Kier alpha value is -1.39. The highest BCUT2D eigenvalue weighted by Crippen LogP contribution is 2.25. The highest BCUT2D eigenvalue weighted by Gasteiger charge is 2.30. The average molecular weight is 372 g/mol. The molecule has 0 aliphatic carbocycles. The van der Waals surface area contributed by atoms with Gasteiger partial charge in [-0.05, 0) is 75.8 Å². The second-order valence-corrected chi connectivity index (χ2v) is 8.88. The molecule has 4 nitrogen and oxygen atoms in total. The lowest BCUT2D eigenvalue weighted by molar-refractivity contribution is -0.126. The van der Waals surface area contributed by atoms with Gasteiger partial charge in [-0.25, -0.2) is 0 Å². The van der Waals surface area contributed by atoms with Gasteiger partial charge in [0.2, 0.25) is 5.91 Å². The summed E-state index contributed by atoms with van der Waals surface area (Å²) in [5.41, 5.74) is 2.86. The molecule has 1 N–H and O–H groups in total. The number of nitrogens with one attached hydrogen (secondary N) is 1. The maximum atomic E-state index is 12.3. The van der Waals surface area contributed by atoms with Gasteiger partial charge in [-0.2, -0.15) is 0 Å². The molecule has 150 valence electrons. The van der Waals surface area contributed by atoms with Crippen LogP contribution in [0, 0.1) is 18.8 Å². The van der Waals surface area contributed by atoms with E-state index in [-0.39, 0.29) is 11.8 Å². The van der Waals surface area contributed by atoms with Crippen molar-refractivity contribution in [1.29, 1.82) is 0 Å². The molecule has 0 radical (unpaired) electrons. The van der Waals surface area contributed by atoms with Crippen molar-refractivity contribution in [2.75, 3.05) is 32.7 Å². The number of aryl methyl sites for hydroxylation is 1. The summed E-state index contributed by atoms with van der Waals surface area (Å²) in [7, 11) is 0. The Bertz CT molecular complexity index is 599. The number of carbonyl (C=O) groups excluding carboxylic acids is 1. The van der Waals surface area contributed by atoms with Crippen molar-refractivity contribution in [1.82, 2.24) is 15.1 Å². The minimum absolute atomic E-state index is 0.223. The molecule has 0 bridgehead atoms. The quantitative estimate of drug-likeness (QED) is 0.832. The van der Waals surface area contributed by atoms with Crippen LogP contribution in [-0.4, -0.2) is 54.5 Å². The van der Waals surface area contributed by atoms with Crippen LogP contribution in [0.3, 0.4) is 0 Å². The Labute approximate surface area is 165 Å². The highest BCUT2D eigenvalue weighted by molar-refractivity contribution is 5.78. The van der Waals surface area contributed by atoms with Gasteiger partial charge in [0.05, 0.1) is 0 Å². The minimum Gasteiger partial charge on any atom is -0.356 e. The van der Waals surface area contributed by atoms with Gasteiger partial charge in [-0.3, -0.25) is 9.69 Å². The van der Waals surface area contributed by atoms with E-state index in [9.17, 15) is 4.79 Å². The number of carbonyl (C=O) groups is 1. The molecule has 0 unspecified atom stereocenters. The largest absolute Gasteiger partial charge is 0.356 e. The lowest BCUT2D eigenvalue weighted by atomic mass is 9.92. The van der Waals surface area contributed by atoms with Crippen molar-refractivity contribution in [3.63, 3.8) is 0 Å². The first-order valence-corrected chi connectivity index (χ1v) is 10.8. The summed E-state index contributed by atoms with van der Waals surface area (Å²) >= 11 is 0. The zero-order chi connectivity index (χ0) is 19.2. The van der Waals surface area contributed by atoms with E-state index in [1.54, 1.807) is 0 Å². The van der Waals surface area contributed by atoms with Crippen LogP contribution in [0.4, 0.5) is 0 Å². The van der Waals surface area contributed by atoms with Crippen LogP contribution in [0.1, 0.15) is 50.7 Å². The molecule has 0 atom stereocenters. The molecule has 0 spiro atoms. The van der Waals surface area contributed by atoms with Crippen LogP contribution in [0.2, 0.25) is 0 Å². The van der Waals surface area contributed by atoms with E-state index in [1.165, 1.54) is 37.1 Å². The van der Waals surface area contributed by atoms with Crippen LogP contribution in [0.25, 0.3) is 0 Å². The lowest BCUT2D eigenvalue weighted by Gasteiger charge is -2.41. The molecule has 2 aliphatic heterocycles. The zero-order valence-electron chi connectivity index (χ0n) is 17.4. The van der Waals surface area contributed by atoms with Crippen molar-refractivity contribution < 1.29 is 4.79 Å². The first-order valence-electron chi connectivity index (χ1n) is 10.8. The first-order chi connectivity index (χ1) is 13.0. The first kappa shape index (κ1) is 20.3. The predicted molar refractivity (Wildman–Crippen MR) is 112 cm³/mol. The fraction of sp³-hybridized carbons (Fsp3) is 0.696. The number of hydrogen-bond acceptors (Lipinski definition) is 3. The predicted octanol–water partition coefficient (Wildman–Crippen LogP) is 3.44. The Morgan fingerprint density at radius 1 is 1.07 bits per heavy atom. The summed E-state index contributed by atoms with van der Waals surface area (Å²) in [6, 6.07) is 9.45. The molecule has 4 heteroatoms. The molecule has 1 aromatic rings. The molecule has 3 rings (SSSR count). The van der Waals surface area contributed by atoms with E-state index in [1.807, 2.05) is 0 Å². The number of hydrogen-bond donors (Lipinski definition) is 1. The van der Waals surface area contributed by atoms with E-state index in [0.717, 1.165) is 39.0 Å². The highest BCUT2D eigenvalue weighted by atomic mass is 16.1. The smallest absolute Gasteiger partial charge is 0.223 e. The maximum absolute atomic E-state index is 12.3. The van der Waals surface area contributed by atoms with Gasteiger partial charge in [0.15, 0.2) is 0 Å². The summed E-state index contributed by atoms with van der Waals surface area (Å²) in [6.45, 7) is 12.9. The van der Waals surface area contributed by atoms with Gasteiger partial charge in [-0.1, -0.05) is 38.1 Å². The topological polar surface area (TPSA) is 35.6 Å². The molecule has 0 saturated carbocycles. The van der Waals surface area contributed by atoms with Crippen LogP contribution in [0.15, 0.2) is 24.3 Å². The molecular weight excluding hydrogens is 334 g/mol. The molecular formula is C23H37N3O. The molecule has 1 aromatic carbocycles. The van der Waals surface area contributed by atoms with Crippen molar-refractivity contribution in [2.24, 2.45) is 11.8 Å². The van der Waals surface area contributed by atoms with Gasteiger partial charge in [-0.15, -0.1) is 0 Å². The fourth-order valence-corrected chi connectivity index (χ4v) is 4.45. The molecule has 2 heterocycles. The monoisotopic (exact) mass is 371 g/mol. The Balaban J connectivity index is 1.39. The zero-order valence-corrected chi connectivity index (χ0v) is 17.4. The Morgan fingerprint density at radius 3 is 2.37 bits per heavy atom. The van der Waals surface area contributed by atoms with Gasteiger partial charge in [0, 0.05) is 25.0 Å². The van der Waals surface area contributed by atoms with Gasteiger partial charge in [0.1, 0.15) is 0 Å². The number of benzene rings is 1. The Morgan fingerprint density at radius 2 is 1.74 bits per heavy atom. The van der Waals surface area contributed by atoms with E-state index >= 15 is 0 Å². The van der Waals surface area contributed by atoms with Crippen LogP contribution < -0.4 is 5.32 Å². The van der Waals surface area contributed by atoms with Crippen molar-refractivity contribution >= 4 is 5.91 Å². The Kier molecular flexibility index (Phi) is 7.31. The molecule has 1 amide bonds. The summed E-state index contributed by atoms with van der Waals surface area (Å²) < 4.78 is 0. The molecule has 2 aliphatic rings. The molecule has 2 saturated heterocycles. The summed E-state index contributed by atoms with van der Waals surface area (Å²) in [4.78, 5) is 17.5. The van der Waals surface area contributed by atoms with E-state index in [0.29, 0.717) is 12.0 Å². The summed E-state index contributed by atoms with van der Waals surface area (Å²) in [5, 5.41) is 3.12. The number of rotatable bonds is 6. The number of amides is 1. The standard InChI is InChI=1S/C23H37N3O/c1-18(2)16-24-23(27)20-8-14-26(15-9-20)22-10-12-25(13-11-22)17-21-7-5-4-6-19(21)3/h4-7,18,20,22H,8-17H2,1-3H3,(H,24,27). The van der Waals surface area contributed by atoms with E-state index in [2.05, 4.69) is 60.2 Å². The summed E-state index contributed by atoms with van der Waals surface area (Å²) in [5.74, 6) is 1.02. The van der Waals surface area contributed by atoms with Crippen molar-refractivity contribution in [2.45, 2.75) is 59.0 Å². The maximum Gasteiger partial charge on any atom is 0.223 e. The summed E-state index contributed by atoms with van der Waals surface area (Å²) in [6.07, 6.45) is 4.56. The van der Waals surface area contributed by atoms with Crippen molar-refractivity contribution in [3.05, 3.63) is 35.4 Å². The van der Waals surface area contributed by atoms with Crippen LogP contribution >= 0.6 is 0 Å². The number of nitrogens with zero attached hydrogens (tertiary/aromatic N) is 2. The second kappa shape index (κ2) is 9.70. The third-order valence-electron chi connectivity index (χ3n) is 6.31. The normalized spacial score (nSPS) is 20.9. The van der Waals surface area contributed by atoms with E-state index in [4.69, 9.17) is 0 Å². The average Bonchev–Trinajstić information content (AvgIpc) is 2.68. The van der Waals surface area contributed by atoms with Gasteiger partial charge in [0.25, 0.3) is 0 Å². The van der Waals surface area contributed by atoms with Gasteiger partial charge < -0.3 is 10.2 Å². The lowest BCUT2D eigenvalue weighted by Crippen LogP contribution is -2.49. The van der Waals surface area contributed by atoms with Crippen LogP contribution in [0.5, 0.6) is 0 Å². The second-order valence-electron chi connectivity index (χ2n) is 8.88. The minimum atomic E-state index is 0.223. The van der Waals surface area contributed by atoms with Gasteiger partial charge >= 0.3 is 0 Å². The molecule has 0 aromatic heterocycles. The molecule has 27 heavy (non-hydrogen) atoms. The SMILES string of the molecule is Cc1ccccc1CN1CCC(N2CCC(C(=O)NCC(C)C)CC2)CC1. The van der Waals surface area contributed by atoms with Crippen molar-refractivity contribution in [3.8, 4) is 0 Å². The molecule has 2 fully saturated rings. The third kappa shape index (κ3) is 5.79. The van der Waals surface area contributed by atoms with Crippen LogP contribution in [-0.2, 0) is 11.3 Å². The fourth-order valence-electron chi connectivity index (χ4n) is 4.45. The third-order valence-corrected chi connectivity index (χ3v) is 6.31. The van der Waals surface area contributed by atoms with E-state index < -0.39 is 0 Å². The number of likely N-dealkylation sites (tertiary alicyclic amines) is 2. The number of piperidine rings is 2.